The number of aryl methyl sites for hydroxylation is 1. The number of nitrogens with zero attached hydrogens (tertiary/aromatic N) is 1. The molecule has 1 heterocycles. The minimum Gasteiger partial charge on any atom is -0.288 e. The van der Waals surface area contributed by atoms with Crippen molar-refractivity contribution in [2.45, 2.75) is 13.8 Å². The van der Waals surface area contributed by atoms with E-state index in [1.807, 2.05) is 6.92 Å². The molecule has 0 aliphatic heterocycles. The summed E-state index contributed by atoms with van der Waals surface area (Å²) in [5, 5.41) is 0.00661. The van der Waals surface area contributed by atoms with E-state index in [2.05, 4.69) is 16.8 Å². The molecule has 4 heteroatoms. The van der Waals surface area contributed by atoms with E-state index in [1.54, 1.807) is 6.07 Å². The maximum atomic E-state index is 13.1. The van der Waals surface area contributed by atoms with Gasteiger partial charge in [0.1, 0.15) is 0 Å². The Kier molecular flexibility index (Phi) is 4.32. The van der Waals surface area contributed by atoms with Gasteiger partial charge in [-0.25, -0.2) is 4.98 Å². The van der Waals surface area contributed by atoms with Gasteiger partial charge in [0.25, 0.3) is 0 Å². The fourth-order valence-corrected chi connectivity index (χ4v) is 1.26. The van der Waals surface area contributed by atoms with E-state index in [-0.39, 0.29) is 10.7 Å². The van der Waals surface area contributed by atoms with Gasteiger partial charge in [-0.1, -0.05) is 23.6 Å². The first-order valence-corrected chi connectivity index (χ1v) is 5.32. The zero-order valence-electron chi connectivity index (χ0n) is 8.50. The minimum absolute atomic E-state index is 0.00661. The summed E-state index contributed by atoms with van der Waals surface area (Å²) in [6, 6.07) is 1.63. The van der Waals surface area contributed by atoms with Crippen molar-refractivity contribution in [2.75, 3.05) is 5.75 Å². The van der Waals surface area contributed by atoms with Crippen molar-refractivity contribution in [1.82, 2.24) is 4.98 Å². The molecule has 78 valence electrons. The number of pyridine rings is 1. The van der Waals surface area contributed by atoms with Crippen LogP contribution < -0.4 is 0 Å². The van der Waals surface area contributed by atoms with Crippen molar-refractivity contribution >= 4 is 16.9 Å². The molecule has 0 spiro atoms. The van der Waals surface area contributed by atoms with Gasteiger partial charge in [0.2, 0.25) is 5.95 Å². The molecule has 2 nitrogen and oxygen atoms in total. The van der Waals surface area contributed by atoms with Gasteiger partial charge < -0.3 is 0 Å². The molecule has 0 aromatic carbocycles. The summed E-state index contributed by atoms with van der Waals surface area (Å²) in [4.78, 5) is 14.1. The van der Waals surface area contributed by atoms with E-state index in [9.17, 15) is 9.18 Å². The third-order valence-corrected chi connectivity index (χ3v) is 2.24. The summed E-state index contributed by atoms with van der Waals surface area (Å²) in [6.45, 7) is 3.29. The van der Waals surface area contributed by atoms with Gasteiger partial charge in [-0.3, -0.25) is 4.79 Å². The monoisotopic (exact) mass is 223 g/mol. The summed E-state index contributed by atoms with van der Waals surface area (Å²) in [5.41, 5.74) is 1.14. The van der Waals surface area contributed by atoms with Gasteiger partial charge in [-0.2, -0.15) is 4.39 Å². The van der Waals surface area contributed by atoms with Crippen LogP contribution in [0, 0.1) is 24.7 Å². The first-order chi connectivity index (χ1) is 7.09. The standard InChI is InChI=1S/C11H10FNOS/c1-8-6-10(11(12)13-7-8)4-3-5-15-9(2)14/h6-7H,5H2,1-2H3. The highest BCUT2D eigenvalue weighted by molar-refractivity contribution is 8.13. The number of carbonyl (C=O) groups excluding carboxylic acids is 1. The molecule has 15 heavy (non-hydrogen) atoms. The number of carbonyl (C=O) groups is 1. The predicted molar refractivity (Wildman–Crippen MR) is 58.9 cm³/mol. The Balaban J connectivity index is 2.71. The zero-order chi connectivity index (χ0) is 11.3. The number of thioether (sulfide) groups is 1. The van der Waals surface area contributed by atoms with Gasteiger partial charge in [-0.05, 0) is 18.6 Å². The van der Waals surface area contributed by atoms with E-state index in [0.29, 0.717) is 5.75 Å². The molecule has 0 atom stereocenters. The van der Waals surface area contributed by atoms with Crippen LogP contribution in [0.4, 0.5) is 4.39 Å². The van der Waals surface area contributed by atoms with Crippen LogP contribution in [0.5, 0.6) is 0 Å². The second kappa shape index (κ2) is 5.52. The first-order valence-electron chi connectivity index (χ1n) is 4.34. The van der Waals surface area contributed by atoms with Crippen molar-refractivity contribution in [3.05, 3.63) is 29.3 Å². The molecular weight excluding hydrogens is 213 g/mol. The smallest absolute Gasteiger partial charge is 0.228 e. The normalized spacial score (nSPS) is 9.27. The molecule has 1 rings (SSSR count). The van der Waals surface area contributed by atoms with Gasteiger partial charge in [0.15, 0.2) is 5.12 Å². The topological polar surface area (TPSA) is 30.0 Å². The highest BCUT2D eigenvalue weighted by atomic mass is 32.2. The largest absolute Gasteiger partial charge is 0.288 e. The lowest BCUT2D eigenvalue weighted by Crippen LogP contribution is -1.90. The fourth-order valence-electron chi connectivity index (χ4n) is 0.909. The molecule has 0 amide bonds. The number of hydrogen-bond acceptors (Lipinski definition) is 3. The van der Waals surface area contributed by atoms with Crippen LogP contribution in [-0.2, 0) is 4.79 Å². The quantitative estimate of drug-likeness (QED) is 0.540. The van der Waals surface area contributed by atoms with Crippen LogP contribution in [-0.4, -0.2) is 15.9 Å². The fraction of sp³-hybridized carbons (Fsp3) is 0.273. The summed E-state index contributed by atoms with van der Waals surface area (Å²) in [7, 11) is 0. The molecule has 0 radical (unpaired) electrons. The molecule has 0 saturated heterocycles. The second-order valence-electron chi connectivity index (χ2n) is 2.93. The third kappa shape index (κ3) is 4.13. The van der Waals surface area contributed by atoms with Crippen LogP contribution in [0.15, 0.2) is 12.3 Å². The summed E-state index contributed by atoms with van der Waals surface area (Å²) < 4.78 is 13.1. The highest BCUT2D eigenvalue weighted by Gasteiger charge is 1.99. The van der Waals surface area contributed by atoms with Crippen LogP contribution in [0.25, 0.3) is 0 Å². The lowest BCUT2D eigenvalue weighted by atomic mass is 10.2. The van der Waals surface area contributed by atoms with Gasteiger partial charge in [-0.15, -0.1) is 0 Å². The molecule has 0 aliphatic rings. The van der Waals surface area contributed by atoms with E-state index in [1.165, 1.54) is 13.1 Å². The summed E-state index contributed by atoms with van der Waals surface area (Å²) >= 11 is 1.11. The van der Waals surface area contributed by atoms with Crippen molar-refractivity contribution < 1.29 is 9.18 Å². The summed E-state index contributed by atoms with van der Waals surface area (Å²) in [6.07, 6.45) is 1.45. The second-order valence-corrected chi connectivity index (χ2v) is 4.09. The number of hydrogen-bond donors (Lipinski definition) is 0. The highest BCUT2D eigenvalue weighted by Crippen LogP contribution is 2.05. The molecule has 0 N–H and O–H groups in total. The van der Waals surface area contributed by atoms with Crippen molar-refractivity contribution in [3.63, 3.8) is 0 Å². The maximum absolute atomic E-state index is 13.1. The van der Waals surface area contributed by atoms with E-state index in [4.69, 9.17) is 0 Å². The van der Waals surface area contributed by atoms with E-state index in [0.717, 1.165) is 17.3 Å². The summed E-state index contributed by atoms with van der Waals surface area (Å²) in [5.74, 6) is 5.17. The lowest BCUT2D eigenvalue weighted by Gasteiger charge is -1.94. The third-order valence-electron chi connectivity index (χ3n) is 1.55. The maximum Gasteiger partial charge on any atom is 0.228 e. The molecule has 0 aliphatic carbocycles. The minimum atomic E-state index is -0.569. The molecule has 0 bridgehead atoms. The molecule has 1 aromatic rings. The number of rotatable bonds is 1. The lowest BCUT2D eigenvalue weighted by molar-refractivity contribution is -0.109. The van der Waals surface area contributed by atoms with Crippen LogP contribution in [0.2, 0.25) is 0 Å². The molecule has 0 fully saturated rings. The van der Waals surface area contributed by atoms with Crippen molar-refractivity contribution in [1.29, 1.82) is 0 Å². The molecular formula is C11H10FNOS. The average molecular weight is 223 g/mol. The Bertz CT molecular complexity index is 434. The SMILES string of the molecule is CC(=O)SCC#Cc1cc(C)cnc1F. The van der Waals surface area contributed by atoms with Crippen LogP contribution in [0.3, 0.4) is 0 Å². The Morgan fingerprint density at radius 1 is 1.67 bits per heavy atom. The van der Waals surface area contributed by atoms with Gasteiger partial charge in [0, 0.05) is 13.1 Å². The van der Waals surface area contributed by atoms with Crippen molar-refractivity contribution in [3.8, 4) is 11.8 Å². The van der Waals surface area contributed by atoms with Gasteiger partial charge >= 0.3 is 0 Å². The Morgan fingerprint density at radius 2 is 2.40 bits per heavy atom. The first kappa shape index (κ1) is 11.7. The van der Waals surface area contributed by atoms with Crippen molar-refractivity contribution in [2.24, 2.45) is 0 Å². The van der Waals surface area contributed by atoms with Crippen LogP contribution >= 0.6 is 11.8 Å². The van der Waals surface area contributed by atoms with E-state index >= 15 is 0 Å². The molecule has 1 aromatic heterocycles. The Hall–Kier alpha value is -1.34. The van der Waals surface area contributed by atoms with E-state index < -0.39 is 5.95 Å². The Labute approximate surface area is 92.3 Å². The predicted octanol–water partition coefficient (Wildman–Crippen LogP) is 2.16. The number of aromatic nitrogens is 1. The average Bonchev–Trinajstić information content (AvgIpc) is 2.17. The van der Waals surface area contributed by atoms with Crippen LogP contribution in [0.1, 0.15) is 18.1 Å². The number of halogens is 1. The Morgan fingerprint density at radius 3 is 3.07 bits per heavy atom. The molecule has 0 saturated carbocycles. The molecule has 0 unspecified atom stereocenters. The van der Waals surface area contributed by atoms with Gasteiger partial charge in [0.05, 0.1) is 11.3 Å². The zero-order valence-corrected chi connectivity index (χ0v) is 9.32.